The van der Waals surface area contributed by atoms with Crippen LogP contribution in [-0.2, 0) is 0 Å². The lowest BCUT2D eigenvalue weighted by molar-refractivity contribution is 0.0697. The van der Waals surface area contributed by atoms with Gasteiger partial charge in [0.25, 0.3) is 0 Å². The molecule has 4 rings (SSSR count). The molecule has 0 bridgehead atoms. The van der Waals surface area contributed by atoms with Gasteiger partial charge in [-0.2, -0.15) is 5.10 Å². The van der Waals surface area contributed by atoms with Gasteiger partial charge in [-0.1, -0.05) is 12.1 Å². The summed E-state index contributed by atoms with van der Waals surface area (Å²) in [5, 5.41) is 13.6. The highest BCUT2D eigenvalue weighted by Gasteiger charge is 2.08. The molecule has 25 heavy (non-hydrogen) atoms. The van der Waals surface area contributed by atoms with E-state index in [0.717, 1.165) is 27.9 Å². The Bertz CT molecular complexity index is 1080. The van der Waals surface area contributed by atoms with Gasteiger partial charge in [0.05, 0.1) is 16.8 Å². The summed E-state index contributed by atoms with van der Waals surface area (Å²) in [6, 6.07) is 18.7. The van der Waals surface area contributed by atoms with E-state index in [0.29, 0.717) is 0 Å². The van der Waals surface area contributed by atoms with E-state index in [1.807, 2.05) is 30.5 Å². The van der Waals surface area contributed by atoms with Crippen molar-refractivity contribution in [2.45, 2.75) is 0 Å². The van der Waals surface area contributed by atoms with E-state index in [-0.39, 0.29) is 11.4 Å². The molecule has 0 amide bonds. The molecule has 4 aromatic rings. The summed E-state index contributed by atoms with van der Waals surface area (Å²) >= 11 is 0. The summed E-state index contributed by atoms with van der Waals surface area (Å²) in [5.74, 6) is -1.24. The van der Waals surface area contributed by atoms with E-state index in [1.54, 1.807) is 34.8 Å². The summed E-state index contributed by atoms with van der Waals surface area (Å²) in [5.41, 5.74) is 4.43. The Morgan fingerprint density at radius 1 is 0.920 bits per heavy atom. The van der Waals surface area contributed by atoms with E-state index in [4.69, 9.17) is 5.11 Å². The van der Waals surface area contributed by atoms with Gasteiger partial charge in [-0.25, -0.2) is 13.7 Å². The van der Waals surface area contributed by atoms with E-state index in [1.165, 1.54) is 12.1 Å². The molecule has 0 radical (unpaired) electrons. The monoisotopic (exact) mass is 332 g/mol. The summed E-state index contributed by atoms with van der Waals surface area (Å²) in [6.45, 7) is 0. The van der Waals surface area contributed by atoms with Crippen molar-refractivity contribution in [3.05, 3.63) is 84.3 Å². The van der Waals surface area contributed by atoms with Crippen LogP contribution in [0.15, 0.2) is 72.9 Å². The maximum atomic E-state index is 13.1. The van der Waals surface area contributed by atoms with Gasteiger partial charge >= 0.3 is 5.97 Å². The van der Waals surface area contributed by atoms with Crippen LogP contribution in [-0.4, -0.2) is 20.7 Å². The molecule has 4 nitrogen and oxygen atoms in total. The third-order valence-corrected chi connectivity index (χ3v) is 4.05. The number of nitrogens with zero attached hydrogens (tertiary/aromatic N) is 2. The summed E-state index contributed by atoms with van der Waals surface area (Å²) < 4.78 is 14.8. The number of aromatic nitrogens is 2. The van der Waals surface area contributed by atoms with Crippen molar-refractivity contribution in [2.24, 2.45) is 0 Å². The largest absolute Gasteiger partial charge is 0.478 e. The van der Waals surface area contributed by atoms with Gasteiger partial charge in [0.15, 0.2) is 0 Å². The Hall–Kier alpha value is -3.47. The molecule has 0 spiro atoms. The van der Waals surface area contributed by atoms with E-state index < -0.39 is 5.97 Å². The second-order valence-electron chi connectivity index (χ2n) is 5.71. The van der Waals surface area contributed by atoms with Crippen LogP contribution in [0.25, 0.3) is 27.9 Å². The quantitative estimate of drug-likeness (QED) is 0.601. The lowest BCUT2D eigenvalue weighted by atomic mass is 10.0. The third-order valence-electron chi connectivity index (χ3n) is 4.05. The van der Waals surface area contributed by atoms with Gasteiger partial charge in [0, 0.05) is 11.8 Å². The zero-order valence-electron chi connectivity index (χ0n) is 13.1. The van der Waals surface area contributed by atoms with Crippen molar-refractivity contribution in [1.82, 2.24) is 9.61 Å². The molecule has 0 saturated carbocycles. The van der Waals surface area contributed by atoms with Crippen LogP contribution in [0.1, 0.15) is 10.4 Å². The van der Waals surface area contributed by atoms with E-state index >= 15 is 0 Å². The van der Waals surface area contributed by atoms with Crippen molar-refractivity contribution < 1.29 is 14.3 Å². The van der Waals surface area contributed by atoms with Gasteiger partial charge < -0.3 is 5.11 Å². The zero-order chi connectivity index (χ0) is 17.4. The van der Waals surface area contributed by atoms with Crippen LogP contribution in [0.4, 0.5) is 4.39 Å². The normalized spacial score (nSPS) is 10.9. The number of pyridine rings is 1. The first-order chi connectivity index (χ1) is 12.1. The van der Waals surface area contributed by atoms with Gasteiger partial charge in [-0.05, 0) is 65.7 Å². The number of carboxylic acid groups (broad SMARTS) is 1. The first-order valence-electron chi connectivity index (χ1n) is 7.69. The molecule has 2 aromatic carbocycles. The van der Waals surface area contributed by atoms with Crippen molar-refractivity contribution in [2.75, 3.05) is 0 Å². The Balaban J connectivity index is 1.77. The molecule has 0 saturated heterocycles. The number of hydrogen-bond donors (Lipinski definition) is 1. The fraction of sp³-hybridized carbons (Fsp3) is 0. The fourth-order valence-corrected chi connectivity index (χ4v) is 2.77. The molecule has 0 aliphatic carbocycles. The second kappa shape index (κ2) is 5.87. The molecule has 0 atom stereocenters. The van der Waals surface area contributed by atoms with Crippen molar-refractivity contribution >= 4 is 11.5 Å². The molecule has 122 valence electrons. The highest BCUT2D eigenvalue weighted by Crippen LogP contribution is 2.25. The number of halogens is 1. The molecule has 0 unspecified atom stereocenters. The van der Waals surface area contributed by atoms with E-state index in [2.05, 4.69) is 5.10 Å². The average Bonchev–Trinajstić information content (AvgIpc) is 3.05. The molecular formula is C20H13FN2O2. The standard InChI is InChI=1S/C20H13FN2O2/c21-17-6-4-13(5-7-17)19-12-18-11-15(8-9-23(18)22-19)14-2-1-3-16(10-14)20(24)25/h1-12H,(H,24,25). The number of carbonyl (C=O) groups is 1. The lowest BCUT2D eigenvalue weighted by Gasteiger charge is -2.03. The fourth-order valence-electron chi connectivity index (χ4n) is 2.77. The summed E-state index contributed by atoms with van der Waals surface area (Å²) in [6.07, 6.45) is 1.82. The summed E-state index contributed by atoms with van der Waals surface area (Å²) in [7, 11) is 0. The van der Waals surface area contributed by atoms with Crippen molar-refractivity contribution in [3.63, 3.8) is 0 Å². The first kappa shape index (κ1) is 15.1. The van der Waals surface area contributed by atoms with E-state index in [9.17, 15) is 9.18 Å². The first-order valence-corrected chi connectivity index (χ1v) is 7.69. The SMILES string of the molecule is O=C(O)c1cccc(-c2ccn3nc(-c4ccc(F)cc4)cc3c2)c1. The smallest absolute Gasteiger partial charge is 0.335 e. The Labute approximate surface area is 142 Å². The molecule has 0 fully saturated rings. The number of hydrogen-bond acceptors (Lipinski definition) is 2. The Morgan fingerprint density at radius 2 is 1.68 bits per heavy atom. The topological polar surface area (TPSA) is 54.6 Å². The van der Waals surface area contributed by atoms with Crippen molar-refractivity contribution in [1.29, 1.82) is 0 Å². The minimum atomic E-state index is -0.953. The maximum absolute atomic E-state index is 13.1. The van der Waals surface area contributed by atoms with Crippen LogP contribution in [0, 0.1) is 5.82 Å². The maximum Gasteiger partial charge on any atom is 0.335 e. The number of rotatable bonds is 3. The predicted octanol–water partition coefficient (Wildman–Crippen LogP) is 4.51. The van der Waals surface area contributed by atoms with Gasteiger partial charge in [0.1, 0.15) is 5.82 Å². The number of fused-ring (bicyclic) bond motifs is 1. The minimum absolute atomic E-state index is 0.248. The molecule has 0 aliphatic rings. The average molecular weight is 332 g/mol. The van der Waals surface area contributed by atoms with Crippen LogP contribution in [0.5, 0.6) is 0 Å². The lowest BCUT2D eigenvalue weighted by Crippen LogP contribution is -1.96. The van der Waals surface area contributed by atoms with Gasteiger partial charge in [-0.15, -0.1) is 0 Å². The predicted molar refractivity (Wildman–Crippen MR) is 93.0 cm³/mol. The third kappa shape index (κ3) is 2.87. The number of benzene rings is 2. The second-order valence-corrected chi connectivity index (χ2v) is 5.71. The van der Waals surface area contributed by atoms with Gasteiger partial charge in [-0.3, -0.25) is 0 Å². The highest BCUT2D eigenvalue weighted by atomic mass is 19.1. The van der Waals surface area contributed by atoms with Crippen LogP contribution >= 0.6 is 0 Å². The zero-order valence-corrected chi connectivity index (χ0v) is 13.1. The minimum Gasteiger partial charge on any atom is -0.478 e. The summed E-state index contributed by atoms with van der Waals surface area (Å²) in [4.78, 5) is 11.1. The van der Waals surface area contributed by atoms with Crippen molar-refractivity contribution in [3.8, 4) is 22.4 Å². The van der Waals surface area contributed by atoms with Crippen LogP contribution in [0.2, 0.25) is 0 Å². The van der Waals surface area contributed by atoms with Crippen LogP contribution < -0.4 is 0 Å². The number of carboxylic acids is 1. The molecule has 5 heteroatoms. The van der Waals surface area contributed by atoms with Gasteiger partial charge in [0.2, 0.25) is 0 Å². The Kier molecular flexibility index (Phi) is 3.54. The molecule has 2 aromatic heterocycles. The highest BCUT2D eigenvalue weighted by molar-refractivity contribution is 5.89. The van der Waals surface area contributed by atoms with Crippen LogP contribution in [0.3, 0.4) is 0 Å². The molecule has 0 aliphatic heterocycles. The molecular weight excluding hydrogens is 319 g/mol. The molecule has 1 N–H and O–H groups in total. The number of aromatic carboxylic acids is 1. The Morgan fingerprint density at radius 3 is 2.44 bits per heavy atom. The molecule has 2 heterocycles.